The van der Waals surface area contributed by atoms with Crippen molar-refractivity contribution in [3.8, 4) is 16.9 Å². The lowest BCUT2D eigenvalue weighted by atomic mass is 10.1. The van der Waals surface area contributed by atoms with E-state index in [0.717, 1.165) is 12.8 Å². The quantitative estimate of drug-likeness (QED) is 0.483. The highest BCUT2D eigenvalue weighted by molar-refractivity contribution is 6.38. The third-order valence-corrected chi connectivity index (χ3v) is 5.44. The Morgan fingerprint density at radius 3 is 2.43 bits per heavy atom. The topological polar surface area (TPSA) is 62.5 Å². The number of rotatable bonds is 6. The lowest BCUT2D eigenvalue weighted by Crippen LogP contribution is -2.27. The first-order chi connectivity index (χ1) is 13.3. The molecule has 0 unspecified atom stereocenters. The molecule has 6 nitrogen and oxygen atoms in total. The fourth-order valence-electron chi connectivity index (χ4n) is 3.12. The third kappa shape index (κ3) is 4.09. The second-order valence-electron chi connectivity index (χ2n) is 6.40. The number of halogens is 3. The van der Waals surface area contributed by atoms with Crippen molar-refractivity contribution >= 4 is 40.6 Å². The summed E-state index contributed by atoms with van der Waals surface area (Å²) in [4.78, 5) is 24.1. The van der Waals surface area contributed by atoms with Crippen LogP contribution in [0.3, 0.4) is 0 Å². The van der Waals surface area contributed by atoms with E-state index in [1.165, 1.54) is 26.2 Å². The molecule has 0 saturated carbocycles. The zero-order valence-corrected chi connectivity index (χ0v) is 17.7. The molecule has 0 fully saturated rings. The van der Waals surface area contributed by atoms with Gasteiger partial charge in [0.25, 0.3) is 5.56 Å². The van der Waals surface area contributed by atoms with E-state index < -0.39 is 0 Å². The Hall–Kier alpha value is -1.89. The second-order valence-corrected chi connectivity index (χ2v) is 7.57. The van der Waals surface area contributed by atoms with Gasteiger partial charge in [-0.3, -0.25) is 14.3 Å². The van der Waals surface area contributed by atoms with Crippen LogP contribution in [0.1, 0.15) is 19.8 Å². The van der Waals surface area contributed by atoms with Crippen LogP contribution in [0, 0.1) is 0 Å². The minimum Gasteiger partial charge on any atom is -0.497 e. The predicted octanol–water partition coefficient (Wildman–Crippen LogP) is 4.57. The second kappa shape index (κ2) is 8.64. The zero-order valence-electron chi connectivity index (χ0n) is 15.4. The van der Waals surface area contributed by atoms with Crippen LogP contribution in [0.4, 0.5) is 0 Å². The summed E-state index contributed by atoms with van der Waals surface area (Å²) < 4.78 is 14.2. The fraction of sp³-hybridized carbons (Fsp3) is 0.368. The monoisotopic (exact) mass is 444 g/mol. The van der Waals surface area contributed by atoms with E-state index in [0.29, 0.717) is 45.9 Å². The maximum atomic E-state index is 12.9. The smallest absolute Gasteiger partial charge is 0.276 e. The maximum absolute atomic E-state index is 12.9. The summed E-state index contributed by atoms with van der Waals surface area (Å²) in [5.41, 5.74) is 0.565. The molecule has 0 N–H and O–H groups in total. The van der Waals surface area contributed by atoms with Crippen molar-refractivity contribution < 1.29 is 14.3 Å². The highest BCUT2D eigenvalue weighted by Gasteiger charge is 2.24. The summed E-state index contributed by atoms with van der Waals surface area (Å²) in [5, 5.41) is 0.910. The number of allylic oxidation sites excluding steroid dienone is 1. The molecule has 0 aliphatic carbocycles. The summed E-state index contributed by atoms with van der Waals surface area (Å²) in [6.45, 7) is 2.70. The SMILES string of the molecule is CO/C(=C/C(C)=O)COc1cc(-c2c(Cl)n3n(c2=O)CCCC3)c(Cl)cc1Cl. The lowest BCUT2D eigenvalue weighted by molar-refractivity contribution is -0.112. The Morgan fingerprint density at radius 1 is 1.14 bits per heavy atom. The number of nitrogens with zero attached hydrogens (tertiary/aromatic N) is 2. The highest BCUT2D eigenvalue weighted by Crippen LogP contribution is 2.39. The normalized spacial score (nSPS) is 14.0. The number of benzene rings is 1. The Kier molecular flexibility index (Phi) is 6.43. The van der Waals surface area contributed by atoms with Crippen molar-refractivity contribution in [2.45, 2.75) is 32.9 Å². The van der Waals surface area contributed by atoms with Gasteiger partial charge in [0.2, 0.25) is 0 Å². The van der Waals surface area contributed by atoms with Gasteiger partial charge in [-0.1, -0.05) is 34.8 Å². The molecule has 0 bridgehead atoms. The van der Waals surface area contributed by atoms with Gasteiger partial charge >= 0.3 is 0 Å². The number of hydrogen-bond donors (Lipinski definition) is 0. The molecule has 0 radical (unpaired) electrons. The van der Waals surface area contributed by atoms with Crippen molar-refractivity contribution in [1.82, 2.24) is 9.36 Å². The van der Waals surface area contributed by atoms with E-state index in [9.17, 15) is 9.59 Å². The number of hydrogen-bond acceptors (Lipinski definition) is 4. The molecular formula is C19H19Cl3N2O4. The molecule has 0 spiro atoms. The lowest BCUT2D eigenvalue weighted by Gasteiger charge is -2.17. The largest absolute Gasteiger partial charge is 0.497 e. The molecule has 1 aromatic carbocycles. The van der Waals surface area contributed by atoms with E-state index >= 15 is 0 Å². The van der Waals surface area contributed by atoms with Crippen LogP contribution >= 0.6 is 34.8 Å². The first-order valence-electron chi connectivity index (χ1n) is 8.70. The highest BCUT2D eigenvalue weighted by atomic mass is 35.5. The average molecular weight is 446 g/mol. The minimum atomic E-state index is -0.200. The van der Waals surface area contributed by atoms with Gasteiger partial charge < -0.3 is 9.47 Å². The Balaban J connectivity index is 2.00. The zero-order chi connectivity index (χ0) is 20.4. The molecule has 2 heterocycles. The number of methoxy groups -OCH3 is 1. The molecular weight excluding hydrogens is 427 g/mol. The first-order valence-corrected chi connectivity index (χ1v) is 9.83. The molecule has 1 aromatic heterocycles. The third-order valence-electron chi connectivity index (χ3n) is 4.45. The summed E-state index contributed by atoms with van der Waals surface area (Å²) >= 11 is 19.1. The summed E-state index contributed by atoms with van der Waals surface area (Å²) in [7, 11) is 1.44. The summed E-state index contributed by atoms with van der Waals surface area (Å²) in [5.74, 6) is 0.484. The van der Waals surface area contributed by atoms with E-state index in [-0.39, 0.29) is 23.0 Å². The van der Waals surface area contributed by atoms with Crippen LogP contribution in [0.15, 0.2) is 28.8 Å². The predicted molar refractivity (Wildman–Crippen MR) is 110 cm³/mol. The van der Waals surface area contributed by atoms with Crippen molar-refractivity contribution in [3.05, 3.63) is 49.5 Å². The minimum absolute atomic E-state index is 0.00412. The van der Waals surface area contributed by atoms with Crippen LogP contribution in [-0.2, 0) is 22.6 Å². The van der Waals surface area contributed by atoms with Gasteiger partial charge in [0.05, 0.1) is 22.7 Å². The standard InChI is InChI=1S/C19H19Cl3N2O4/c1-11(25)7-12(27-2)10-28-16-8-13(14(20)9-15(16)21)17-18(22)23-5-3-4-6-24(23)19(17)26/h7-9H,3-6,10H2,1-2H3/b12-7+. The van der Waals surface area contributed by atoms with Crippen molar-refractivity contribution in [2.24, 2.45) is 0 Å². The van der Waals surface area contributed by atoms with Crippen LogP contribution in [-0.4, -0.2) is 28.9 Å². The number of aromatic nitrogens is 2. The molecule has 150 valence electrons. The van der Waals surface area contributed by atoms with Crippen molar-refractivity contribution in [3.63, 3.8) is 0 Å². The fourth-order valence-corrected chi connectivity index (χ4v) is 4.01. The van der Waals surface area contributed by atoms with Gasteiger partial charge in [-0.25, -0.2) is 4.68 Å². The molecule has 1 aliphatic heterocycles. The van der Waals surface area contributed by atoms with Gasteiger partial charge in [-0.2, -0.15) is 0 Å². The Labute approximate surface area is 177 Å². The Bertz CT molecular complexity index is 1010. The van der Waals surface area contributed by atoms with Gasteiger partial charge in [-0.15, -0.1) is 0 Å². The van der Waals surface area contributed by atoms with Gasteiger partial charge in [0.1, 0.15) is 23.3 Å². The van der Waals surface area contributed by atoms with Gasteiger partial charge in [-0.05, 0) is 31.9 Å². The van der Waals surface area contributed by atoms with Crippen LogP contribution in [0.25, 0.3) is 11.1 Å². The number of carbonyl (C=O) groups is 1. The van der Waals surface area contributed by atoms with Crippen molar-refractivity contribution in [2.75, 3.05) is 13.7 Å². The Morgan fingerprint density at radius 2 is 1.82 bits per heavy atom. The van der Waals surface area contributed by atoms with E-state index in [1.54, 1.807) is 15.4 Å². The van der Waals surface area contributed by atoms with E-state index in [1.807, 2.05) is 0 Å². The van der Waals surface area contributed by atoms with E-state index in [2.05, 4.69) is 0 Å². The molecule has 0 saturated heterocycles. The van der Waals surface area contributed by atoms with E-state index in [4.69, 9.17) is 44.3 Å². The van der Waals surface area contributed by atoms with Crippen LogP contribution < -0.4 is 10.3 Å². The van der Waals surface area contributed by atoms with Gasteiger partial charge in [0.15, 0.2) is 5.78 Å². The van der Waals surface area contributed by atoms with Crippen LogP contribution in [0.2, 0.25) is 15.2 Å². The summed E-state index contributed by atoms with van der Waals surface area (Å²) in [6.07, 6.45) is 3.21. The molecule has 28 heavy (non-hydrogen) atoms. The number of ether oxygens (including phenoxy) is 2. The maximum Gasteiger partial charge on any atom is 0.276 e. The molecule has 1 aliphatic rings. The number of ketones is 1. The average Bonchev–Trinajstić information content (AvgIpc) is 2.91. The molecule has 0 atom stereocenters. The van der Waals surface area contributed by atoms with Crippen molar-refractivity contribution in [1.29, 1.82) is 0 Å². The summed E-state index contributed by atoms with van der Waals surface area (Å²) in [6, 6.07) is 3.09. The molecule has 3 rings (SSSR count). The van der Waals surface area contributed by atoms with Gasteiger partial charge in [0, 0.05) is 24.7 Å². The molecule has 2 aromatic rings. The molecule has 0 amide bonds. The van der Waals surface area contributed by atoms with Crippen LogP contribution in [0.5, 0.6) is 5.75 Å². The first kappa shape index (κ1) is 20.8. The molecule has 9 heteroatoms. The number of carbonyl (C=O) groups excluding carboxylic acids is 1. The number of fused-ring (bicyclic) bond motifs is 1.